The van der Waals surface area contributed by atoms with E-state index >= 15 is 0 Å². The second-order valence-electron chi connectivity index (χ2n) is 10.8. The summed E-state index contributed by atoms with van der Waals surface area (Å²) in [4.78, 5) is 28.3. The highest BCUT2D eigenvalue weighted by molar-refractivity contribution is 6.33. The van der Waals surface area contributed by atoms with Gasteiger partial charge in [-0.25, -0.2) is 4.68 Å². The molecule has 4 aromatic rings. The molecule has 1 amide bonds. The van der Waals surface area contributed by atoms with Crippen molar-refractivity contribution >= 4 is 34.5 Å². The molecule has 0 saturated carbocycles. The number of esters is 1. The summed E-state index contributed by atoms with van der Waals surface area (Å²) in [5.74, 6) is -0.532. The van der Waals surface area contributed by atoms with Gasteiger partial charge in [-0.05, 0) is 84.7 Å². The van der Waals surface area contributed by atoms with Gasteiger partial charge in [-0.15, -0.1) is 5.10 Å². The zero-order valence-electron chi connectivity index (χ0n) is 23.4. The van der Waals surface area contributed by atoms with Gasteiger partial charge in [0.2, 0.25) is 0 Å². The van der Waals surface area contributed by atoms with Crippen LogP contribution >= 0.6 is 11.6 Å². The second-order valence-corrected chi connectivity index (χ2v) is 11.2. The Bertz CT molecular complexity index is 1670. The van der Waals surface area contributed by atoms with Gasteiger partial charge in [0.25, 0.3) is 5.91 Å². The Kier molecular flexibility index (Phi) is 7.63. The monoisotopic (exact) mass is 568 g/mol. The molecule has 0 saturated heterocycles. The number of carbonyl (C=O) groups is 2. The molecule has 7 nitrogen and oxygen atoms in total. The number of aryl methyl sites for hydroxylation is 2. The van der Waals surface area contributed by atoms with Gasteiger partial charge in [-0.2, -0.15) is 0 Å². The molecule has 1 unspecified atom stereocenters. The number of benzene rings is 3. The van der Waals surface area contributed by atoms with E-state index in [1.165, 1.54) is 5.56 Å². The van der Waals surface area contributed by atoms with Gasteiger partial charge < -0.3 is 9.64 Å². The van der Waals surface area contributed by atoms with E-state index in [1.807, 2.05) is 47.7 Å². The molecule has 1 atom stereocenters. The van der Waals surface area contributed by atoms with Gasteiger partial charge in [-0.3, -0.25) is 9.59 Å². The van der Waals surface area contributed by atoms with Gasteiger partial charge in [0, 0.05) is 19.0 Å². The summed E-state index contributed by atoms with van der Waals surface area (Å²) in [6.07, 6.45) is 6.88. The SMILES string of the molecule is CCOC(=O)CC1c2ccc3c(c2)CN(CC3)C(=O)c2ccc(cc2Cl)CC/C=C\Cn2nnc3c(C)c1ccc32. The highest BCUT2D eigenvalue weighted by atomic mass is 35.5. The lowest BCUT2D eigenvalue weighted by Gasteiger charge is -2.30. The van der Waals surface area contributed by atoms with E-state index in [2.05, 4.69) is 46.7 Å². The maximum atomic E-state index is 13.6. The predicted octanol–water partition coefficient (Wildman–Crippen LogP) is 6.18. The fourth-order valence-corrected chi connectivity index (χ4v) is 6.34. The van der Waals surface area contributed by atoms with Gasteiger partial charge in [0.05, 0.1) is 35.7 Å². The lowest BCUT2D eigenvalue weighted by atomic mass is 9.83. The second kappa shape index (κ2) is 11.5. The summed E-state index contributed by atoms with van der Waals surface area (Å²) < 4.78 is 7.28. The topological polar surface area (TPSA) is 77.3 Å². The molecule has 8 heteroatoms. The number of ether oxygens (including phenoxy) is 1. The summed E-state index contributed by atoms with van der Waals surface area (Å²) in [6.45, 7) is 5.93. The molecule has 1 aromatic heterocycles. The number of amides is 1. The normalized spacial score (nSPS) is 17.8. The summed E-state index contributed by atoms with van der Waals surface area (Å²) in [6, 6.07) is 16.3. The van der Waals surface area contributed by atoms with E-state index in [-0.39, 0.29) is 24.2 Å². The molecule has 5 aliphatic rings. The molecule has 0 radical (unpaired) electrons. The van der Waals surface area contributed by atoms with Crippen molar-refractivity contribution in [2.24, 2.45) is 0 Å². The molecule has 3 aromatic carbocycles. The Morgan fingerprint density at radius 2 is 1.95 bits per heavy atom. The molecule has 9 bridgehead atoms. The number of hydrogen-bond donors (Lipinski definition) is 0. The Morgan fingerprint density at radius 3 is 2.78 bits per heavy atom. The minimum absolute atomic E-state index is 0.0601. The minimum Gasteiger partial charge on any atom is -0.466 e. The number of nitrogens with zero attached hydrogens (tertiary/aromatic N) is 4. The average molecular weight is 569 g/mol. The maximum Gasteiger partial charge on any atom is 0.306 e. The highest BCUT2D eigenvalue weighted by Gasteiger charge is 2.27. The molecule has 9 rings (SSSR count). The quantitative estimate of drug-likeness (QED) is 0.218. The Hall–Kier alpha value is -3.97. The van der Waals surface area contributed by atoms with Crippen LogP contribution in [0.5, 0.6) is 0 Å². The van der Waals surface area contributed by atoms with Crippen molar-refractivity contribution in [1.82, 2.24) is 19.9 Å². The largest absolute Gasteiger partial charge is 0.466 e. The average Bonchev–Trinajstić information content (AvgIpc) is 3.39. The molecular formula is C33H33ClN4O3. The minimum atomic E-state index is -0.246. The van der Waals surface area contributed by atoms with Crippen LogP contribution in [0, 0.1) is 6.92 Å². The van der Waals surface area contributed by atoms with Crippen molar-refractivity contribution < 1.29 is 14.3 Å². The number of carbonyl (C=O) groups excluding carboxylic acids is 2. The first-order valence-electron chi connectivity index (χ1n) is 14.3. The first-order valence-corrected chi connectivity index (χ1v) is 14.6. The highest BCUT2D eigenvalue weighted by Crippen LogP contribution is 2.36. The number of rotatable bonds is 3. The third kappa shape index (κ3) is 5.38. The Balaban J connectivity index is 1.46. The van der Waals surface area contributed by atoms with Crippen LogP contribution in [0.15, 0.2) is 60.7 Å². The first kappa shape index (κ1) is 27.2. The third-order valence-corrected chi connectivity index (χ3v) is 8.59. The summed E-state index contributed by atoms with van der Waals surface area (Å²) >= 11 is 6.63. The van der Waals surface area contributed by atoms with Crippen LogP contribution in [0.1, 0.15) is 69.4 Å². The van der Waals surface area contributed by atoms with Crippen LogP contribution in [-0.2, 0) is 35.5 Å². The van der Waals surface area contributed by atoms with Crippen LogP contribution in [0.3, 0.4) is 0 Å². The summed E-state index contributed by atoms with van der Waals surface area (Å²) in [5, 5.41) is 9.45. The van der Waals surface area contributed by atoms with Crippen molar-refractivity contribution in [3.63, 3.8) is 0 Å². The fourth-order valence-electron chi connectivity index (χ4n) is 6.06. The molecule has 6 heterocycles. The standard InChI is InChI=1S/C33H33ClN4O3/c1-3-41-31(39)19-28-24-10-9-23-14-16-37(20-25(23)18-24)33(40)27-11-8-22(17-29(27)34)7-5-4-6-15-38-30-13-12-26(28)21(2)32(30)35-36-38/h4,6,8-13,17-18,28H,3,5,7,14-16,19-20H2,1-2H3/b6-4-. The van der Waals surface area contributed by atoms with Crippen molar-refractivity contribution in [2.75, 3.05) is 13.2 Å². The van der Waals surface area contributed by atoms with Crippen LogP contribution in [-0.4, -0.2) is 44.9 Å². The van der Waals surface area contributed by atoms with E-state index in [1.54, 1.807) is 0 Å². The Morgan fingerprint density at radius 1 is 1.07 bits per heavy atom. The third-order valence-electron chi connectivity index (χ3n) is 8.27. The van der Waals surface area contributed by atoms with Crippen LogP contribution in [0.4, 0.5) is 0 Å². The van der Waals surface area contributed by atoms with Gasteiger partial charge in [-0.1, -0.05) is 59.3 Å². The van der Waals surface area contributed by atoms with E-state index in [4.69, 9.17) is 16.3 Å². The predicted molar refractivity (Wildman–Crippen MR) is 159 cm³/mol. The van der Waals surface area contributed by atoms with Gasteiger partial charge >= 0.3 is 5.97 Å². The van der Waals surface area contributed by atoms with Gasteiger partial charge in [0.1, 0.15) is 5.52 Å². The maximum absolute atomic E-state index is 13.6. The molecule has 41 heavy (non-hydrogen) atoms. The van der Waals surface area contributed by atoms with Crippen molar-refractivity contribution in [2.45, 2.75) is 58.5 Å². The molecule has 0 aliphatic carbocycles. The summed E-state index contributed by atoms with van der Waals surface area (Å²) in [7, 11) is 0. The lowest BCUT2D eigenvalue weighted by molar-refractivity contribution is -0.143. The van der Waals surface area contributed by atoms with Crippen molar-refractivity contribution in [3.05, 3.63) is 105 Å². The number of halogens is 1. The first-order chi connectivity index (χ1) is 19.9. The molecule has 210 valence electrons. The van der Waals surface area contributed by atoms with Crippen LogP contribution < -0.4 is 0 Å². The number of hydrogen-bond acceptors (Lipinski definition) is 5. The molecule has 0 fully saturated rings. The fraction of sp³-hybridized carbons (Fsp3) is 0.333. The van der Waals surface area contributed by atoms with Crippen LogP contribution in [0.2, 0.25) is 5.02 Å². The van der Waals surface area contributed by atoms with E-state index in [0.717, 1.165) is 58.1 Å². The zero-order chi connectivity index (χ0) is 28.5. The number of allylic oxidation sites excluding steroid dienone is 2. The summed E-state index contributed by atoms with van der Waals surface area (Å²) in [5.41, 5.74) is 8.76. The molecule has 5 aliphatic heterocycles. The van der Waals surface area contributed by atoms with E-state index in [0.29, 0.717) is 36.8 Å². The van der Waals surface area contributed by atoms with E-state index < -0.39 is 0 Å². The molecular weight excluding hydrogens is 536 g/mol. The van der Waals surface area contributed by atoms with Crippen LogP contribution in [0.25, 0.3) is 11.0 Å². The molecule has 0 spiro atoms. The van der Waals surface area contributed by atoms with Crippen molar-refractivity contribution in [1.29, 1.82) is 0 Å². The molecule has 0 N–H and O–H groups in total. The lowest BCUT2D eigenvalue weighted by Crippen LogP contribution is -2.36. The number of aromatic nitrogens is 3. The Labute approximate surface area is 244 Å². The van der Waals surface area contributed by atoms with Crippen molar-refractivity contribution in [3.8, 4) is 0 Å². The smallest absolute Gasteiger partial charge is 0.306 e. The van der Waals surface area contributed by atoms with E-state index in [9.17, 15) is 9.59 Å². The zero-order valence-corrected chi connectivity index (χ0v) is 24.2. The van der Waals surface area contributed by atoms with Gasteiger partial charge in [0.15, 0.2) is 0 Å².